The van der Waals surface area contributed by atoms with Crippen LogP contribution in [0.25, 0.3) is 0 Å². The summed E-state index contributed by atoms with van der Waals surface area (Å²) in [5, 5.41) is 4.61. The van der Waals surface area contributed by atoms with E-state index in [1.807, 2.05) is 0 Å². The Hall–Kier alpha value is -1.61. The molecule has 1 aromatic carbocycles. The molecule has 1 heterocycles. The van der Waals surface area contributed by atoms with Gasteiger partial charge < -0.3 is 5.73 Å². The van der Waals surface area contributed by atoms with Gasteiger partial charge >= 0.3 is 0 Å². The van der Waals surface area contributed by atoms with E-state index in [0.717, 1.165) is 25.1 Å². The Bertz CT molecular complexity index is 582. The number of hydrogen-bond acceptors (Lipinski definition) is 2. The van der Waals surface area contributed by atoms with Crippen LogP contribution in [0.2, 0.25) is 0 Å². The van der Waals surface area contributed by atoms with Gasteiger partial charge in [-0.3, -0.25) is 4.68 Å². The summed E-state index contributed by atoms with van der Waals surface area (Å²) >= 11 is 0. The molecule has 3 heteroatoms. The summed E-state index contributed by atoms with van der Waals surface area (Å²) in [6, 6.07) is 10.5. The number of nitrogens with zero attached hydrogens (tertiary/aromatic N) is 2. The highest BCUT2D eigenvalue weighted by Crippen LogP contribution is 2.26. The maximum Gasteiger partial charge on any atom is 0.0624 e. The van der Waals surface area contributed by atoms with Crippen LogP contribution in [-0.4, -0.2) is 9.78 Å². The molecular weight excluding hydrogens is 246 g/mol. The second-order valence-corrected chi connectivity index (χ2v) is 5.71. The van der Waals surface area contributed by atoms with Gasteiger partial charge in [-0.25, -0.2) is 0 Å². The van der Waals surface area contributed by atoms with E-state index in [0.29, 0.717) is 0 Å². The average Bonchev–Trinajstić information content (AvgIpc) is 2.80. The van der Waals surface area contributed by atoms with Crippen molar-refractivity contribution in [1.29, 1.82) is 0 Å². The summed E-state index contributed by atoms with van der Waals surface area (Å²) in [7, 11) is 0. The molecule has 2 N–H and O–H groups in total. The van der Waals surface area contributed by atoms with Gasteiger partial charge in [0.25, 0.3) is 0 Å². The van der Waals surface area contributed by atoms with E-state index in [2.05, 4.69) is 67.8 Å². The van der Waals surface area contributed by atoms with E-state index in [4.69, 9.17) is 5.73 Å². The lowest BCUT2D eigenvalue weighted by Crippen LogP contribution is -2.37. The van der Waals surface area contributed by atoms with Crippen molar-refractivity contribution in [3.05, 3.63) is 52.8 Å². The fourth-order valence-corrected chi connectivity index (χ4v) is 2.79. The van der Waals surface area contributed by atoms with Crippen molar-refractivity contribution >= 4 is 0 Å². The number of aromatic nitrogens is 2. The molecule has 0 spiro atoms. The summed E-state index contributed by atoms with van der Waals surface area (Å²) in [4.78, 5) is 0. The summed E-state index contributed by atoms with van der Waals surface area (Å²) in [5.74, 6) is 0. The molecule has 0 amide bonds. The largest absolute Gasteiger partial charge is 0.321 e. The minimum Gasteiger partial charge on any atom is -0.321 e. The van der Waals surface area contributed by atoms with Crippen LogP contribution >= 0.6 is 0 Å². The van der Waals surface area contributed by atoms with Crippen LogP contribution in [0.4, 0.5) is 0 Å². The molecule has 3 nitrogen and oxygen atoms in total. The Labute approximate surface area is 121 Å². The number of hydrogen-bond donors (Lipinski definition) is 1. The van der Waals surface area contributed by atoms with Crippen LogP contribution in [0.15, 0.2) is 30.3 Å². The van der Waals surface area contributed by atoms with Gasteiger partial charge in [0.2, 0.25) is 0 Å². The van der Waals surface area contributed by atoms with E-state index >= 15 is 0 Å². The van der Waals surface area contributed by atoms with Crippen LogP contribution < -0.4 is 5.73 Å². The molecule has 0 bridgehead atoms. The summed E-state index contributed by atoms with van der Waals surface area (Å²) < 4.78 is 2.07. The minimum atomic E-state index is -0.372. The third-order valence-electron chi connectivity index (χ3n) is 3.88. The van der Waals surface area contributed by atoms with Gasteiger partial charge in [0, 0.05) is 24.2 Å². The first-order chi connectivity index (χ1) is 9.47. The molecule has 0 saturated heterocycles. The van der Waals surface area contributed by atoms with E-state index in [1.54, 1.807) is 0 Å². The number of aryl methyl sites for hydroxylation is 3. The molecule has 0 aliphatic heterocycles. The highest BCUT2D eigenvalue weighted by atomic mass is 15.3. The fourth-order valence-electron chi connectivity index (χ4n) is 2.79. The Balaban J connectivity index is 2.33. The highest BCUT2D eigenvalue weighted by molar-refractivity contribution is 5.33. The zero-order valence-electron chi connectivity index (χ0n) is 13.0. The summed E-state index contributed by atoms with van der Waals surface area (Å²) in [5.41, 5.74) is 11.0. The molecule has 2 aromatic rings. The standard InChI is InChI=1S/C17H25N3/c1-5-14-11-15(20(6-2)19-14)12-17(4,18)16-10-8-7-9-13(16)3/h7-11H,5-6,12,18H2,1-4H3. The maximum absolute atomic E-state index is 6.60. The number of benzene rings is 1. The lowest BCUT2D eigenvalue weighted by atomic mass is 9.85. The normalized spacial score (nSPS) is 14.2. The molecule has 0 aliphatic carbocycles. The first kappa shape index (κ1) is 14.8. The smallest absolute Gasteiger partial charge is 0.0624 e. The first-order valence-corrected chi connectivity index (χ1v) is 7.38. The molecular formula is C17H25N3. The van der Waals surface area contributed by atoms with E-state index in [1.165, 1.54) is 16.8 Å². The van der Waals surface area contributed by atoms with Crippen molar-refractivity contribution in [3.63, 3.8) is 0 Å². The van der Waals surface area contributed by atoms with Crippen molar-refractivity contribution in [3.8, 4) is 0 Å². The molecule has 0 aliphatic rings. The lowest BCUT2D eigenvalue weighted by molar-refractivity contribution is 0.461. The third kappa shape index (κ3) is 2.93. The lowest BCUT2D eigenvalue weighted by Gasteiger charge is -2.27. The zero-order valence-corrected chi connectivity index (χ0v) is 13.0. The van der Waals surface area contributed by atoms with Crippen LogP contribution in [-0.2, 0) is 24.9 Å². The van der Waals surface area contributed by atoms with Gasteiger partial charge in [-0.2, -0.15) is 5.10 Å². The summed E-state index contributed by atoms with van der Waals surface area (Å²) in [6.45, 7) is 9.37. The monoisotopic (exact) mass is 271 g/mol. The van der Waals surface area contributed by atoms with Crippen molar-refractivity contribution in [2.75, 3.05) is 0 Å². The Morgan fingerprint density at radius 2 is 1.95 bits per heavy atom. The Kier molecular flexibility index (Phi) is 4.29. The Morgan fingerprint density at radius 3 is 2.55 bits per heavy atom. The SMILES string of the molecule is CCc1cc(CC(C)(N)c2ccccc2C)n(CC)n1. The van der Waals surface area contributed by atoms with E-state index < -0.39 is 0 Å². The predicted molar refractivity (Wildman–Crippen MR) is 83.7 cm³/mol. The van der Waals surface area contributed by atoms with Crippen LogP contribution in [0.5, 0.6) is 0 Å². The fraction of sp³-hybridized carbons (Fsp3) is 0.471. The number of rotatable bonds is 5. The summed E-state index contributed by atoms with van der Waals surface area (Å²) in [6.07, 6.45) is 1.77. The molecule has 1 unspecified atom stereocenters. The Morgan fingerprint density at radius 1 is 1.25 bits per heavy atom. The second-order valence-electron chi connectivity index (χ2n) is 5.71. The first-order valence-electron chi connectivity index (χ1n) is 7.38. The molecule has 1 aromatic heterocycles. The third-order valence-corrected chi connectivity index (χ3v) is 3.88. The topological polar surface area (TPSA) is 43.8 Å². The number of nitrogens with two attached hydrogens (primary N) is 1. The van der Waals surface area contributed by atoms with Crippen LogP contribution in [0.3, 0.4) is 0 Å². The van der Waals surface area contributed by atoms with Crippen molar-refractivity contribution in [2.24, 2.45) is 5.73 Å². The van der Waals surface area contributed by atoms with Crippen molar-refractivity contribution in [1.82, 2.24) is 9.78 Å². The molecule has 20 heavy (non-hydrogen) atoms. The molecule has 108 valence electrons. The van der Waals surface area contributed by atoms with Crippen molar-refractivity contribution in [2.45, 2.75) is 52.6 Å². The minimum absolute atomic E-state index is 0.372. The average molecular weight is 271 g/mol. The van der Waals surface area contributed by atoms with Gasteiger partial charge in [-0.05, 0) is 44.4 Å². The van der Waals surface area contributed by atoms with Gasteiger partial charge in [-0.15, -0.1) is 0 Å². The molecule has 0 saturated carbocycles. The van der Waals surface area contributed by atoms with Gasteiger partial charge in [-0.1, -0.05) is 31.2 Å². The second kappa shape index (κ2) is 5.80. The molecule has 0 fully saturated rings. The quantitative estimate of drug-likeness (QED) is 0.907. The van der Waals surface area contributed by atoms with Crippen LogP contribution in [0, 0.1) is 6.92 Å². The maximum atomic E-state index is 6.60. The van der Waals surface area contributed by atoms with Gasteiger partial charge in [0.05, 0.1) is 5.69 Å². The molecule has 2 rings (SSSR count). The molecule has 0 radical (unpaired) electrons. The highest BCUT2D eigenvalue weighted by Gasteiger charge is 2.25. The van der Waals surface area contributed by atoms with Crippen LogP contribution in [0.1, 0.15) is 43.3 Å². The zero-order chi connectivity index (χ0) is 14.8. The van der Waals surface area contributed by atoms with Gasteiger partial charge in [0.1, 0.15) is 0 Å². The van der Waals surface area contributed by atoms with Gasteiger partial charge in [0.15, 0.2) is 0 Å². The molecule has 1 atom stereocenters. The van der Waals surface area contributed by atoms with Crippen molar-refractivity contribution < 1.29 is 0 Å². The van der Waals surface area contributed by atoms with E-state index in [9.17, 15) is 0 Å². The van der Waals surface area contributed by atoms with E-state index in [-0.39, 0.29) is 5.54 Å². The predicted octanol–water partition coefficient (Wildman–Crippen LogP) is 3.19.